The summed E-state index contributed by atoms with van der Waals surface area (Å²) in [7, 11) is -0.560. The second-order valence-electron chi connectivity index (χ2n) is 9.14. The highest BCUT2D eigenvalue weighted by molar-refractivity contribution is 9.10. The predicted octanol–water partition coefficient (Wildman–Crippen LogP) is 4.79. The smallest absolute Gasteiger partial charge is 0.443 e. The predicted molar refractivity (Wildman–Crippen MR) is 112 cm³/mol. The Morgan fingerprint density at radius 1 is 1.15 bits per heavy atom. The van der Waals surface area contributed by atoms with Crippen molar-refractivity contribution >= 4 is 45.5 Å². The number of aromatic nitrogens is 1. The van der Waals surface area contributed by atoms with Crippen LogP contribution in [0.25, 0.3) is 10.9 Å². The molecule has 0 radical (unpaired) electrons. The molecule has 0 amide bonds. The van der Waals surface area contributed by atoms with Gasteiger partial charge in [-0.25, -0.2) is 4.79 Å². The summed E-state index contributed by atoms with van der Waals surface area (Å²) in [5.41, 5.74) is 1.09. The third-order valence-corrected chi connectivity index (χ3v) is 5.64. The van der Waals surface area contributed by atoms with E-state index >= 15 is 0 Å². The molecule has 7 heteroatoms. The van der Waals surface area contributed by atoms with E-state index in [-0.39, 0.29) is 0 Å². The summed E-state index contributed by atoms with van der Waals surface area (Å²) in [5, 5.41) is 0.909. The van der Waals surface area contributed by atoms with Crippen molar-refractivity contribution in [2.75, 3.05) is 0 Å². The van der Waals surface area contributed by atoms with Gasteiger partial charge < -0.3 is 14.0 Å². The van der Waals surface area contributed by atoms with E-state index in [0.717, 1.165) is 26.4 Å². The average molecular weight is 436 g/mol. The molecule has 1 aliphatic heterocycles. The molecule has 27 heavy (non-hydrogen) atoms. The van der Waals surface area contributed by atoms with Gasteiger partial charge in [-0.15, -0.1) is 0 Å². The van der Waals surface area contributed by atoms with E-state index in [0.29, 0.717) is 0 Å². The van der Waals surface area contributed by atoms with Crippen LogP contribution < -0.4 is 5.46 Å². The molecule has 0 N–H and O–H groups in total. The van der Waals surface area contributed by atoms with Gasteiger partial charge in [0.05, 0.1) is 16.7 Å². The van der Waals surface area contributed by atoms with Crippen molar-refractivity contribution in [2.24, 2.45) is 0 Å². The summed E-state index contributed by atoms with van der Waals surface area (Å²) in [6.07, 6.45) is 1.36. The fourth-order valence-corrected chi connectivity index (χ4v) is 3.73. The van der Waals surface area contributed by atoms with Crippen LogP contribution in [0, 0.1) is 6.92 Å². The van der Waals surface area contributed by atoms with Crippen LogP contribution in [0.5, 0.6) is 0 Å². The minimum Gasteiger partial charge on any atom is -0.443 e. The lowest BCUT2D eigenvalue weighted by Crippen LogP contribution is -2.41. The quantitative estimate of drug-likeness (QED) is 0.604. The monoisotopic (exact) mass is 435 g/mol. The Kier molecular flexibility index (Phi) is 4.81. The van der Waals surface area contributed by atoms with Crippen molar-refractivity contribution in [3.8, 4) is 0 Å². The highest BCUT2D eigenvalue weighted by Crippen LogP contribution is 2.37. The van der Waals surface area contributed by atoms with Crippen LogP contribution in [0.3, 0.4) is 0 Å². The van der Waals surface area contributed by atoms with Gasteiger partial charge in [-0.3, -0.25) is 4.57 Å². The molecule has 1 aromatic carbocycles. The molecule has 0 bridgehead atoms. The van der Waals surface area contributed by atoms with Crippen molar-refractivity contribution in [3.05, 3.63) is 28.4 Å². The molecule has 1 fully saturated rings. The molecule has 2 heterocycles. The van der Waals surface area contributed by atoms with Gasteiger partial charge in [0.15, 0.2) is 0 Å². The van der Waals surface area contributed by atoms with E-state index in [2.05, 4.69) is 15.9 Å². The molecule has 0 spiro atoms. The summed E-state index contributed by atoms with van der Waals surface area (Å²) in [5.74, 6) is 0. The van der Waals surface area contributed by atoms with Gasteiger partial charge in [0.1, 0.15) is 5.60 Å². The fraction of sp³-hybridized carbons (Fsp3) is 0.550. The maximum Gasteiger partial charge on any atom is 0.497 e. The molecule has 0 aliphatic carbocycles. The molecule has 0 saturated carbocycles. The van der Waals surface area contributed by atoms with Crippen molar-refractivity contribution in [1.82, 2.24) is 4.57 Å². The topological polar surface area (TPSA) is 49.7 Å². The van der Waals surface area contributed by atoms with Crippen molar-refractivity contribution in [2.45, 2.75) is 72.2 Å². The third-order valence-electron chi connectivity index (χ3n) is 5.18. The normalized spacial score (nSPS) is 18.9. The van der Waals surface area contributed by atoms with Crippen LogP contribution in [0.2, 0.25) is 0 Å². The molecule has 0 atom stereocenters. The van der Waals surface area contributed by atoms with Crippen LogP contribution in [-0.4, -0.2) is 34.6 Å². The van der Waals surface area contributed by atoms with Gasteiger partial charge in [0.25, 0.3) is 0 Å². The molecule has 3 rings (SSSR count). The second kappa shape index (κ2) is 6.36. The summed E-state index contributed by atoms with van der Waals surface area (Å²) < 4.78 is 20.6. The van der Waals surface area contributed by atoms with Gasteiger partial charge in [-0.1, -0.05) is 15.9 Å². The first-order valence-corrected chi connectivity index (χ1v) is 9.91. The summed E-state index contributed by atoms with van der Waals surface area (Å²) in [6.45, 7) is 15.6. The highest BCUT2D eigenvalue weighted by atomic mass is 79.9. The Morgan fingerprint density at radius 3 is 2.22 bits per heavy atom. The number of ether oxygens (including phenoxy) is 1. The average Bonchev–Trinajstić information content (AvgIpc) is 2.92. The van der Waals surface area contributed by atoms with E-state index in [1.807, 2.05) is 67.5 Å². The Hall–Kier alpha value is -1.31. The highest BCUT2D eigenvalue weighted by Gasteiger charge is 2.52. The summed E-state index contributed by atoms with van der Waals surface area (Å²) in [4.78, 5) is 12.8. The molecule has 1 saturated heterocycles. The maximum absolute atomic E-state index is 12.8. The number of hydrogen-bond donors (Lipinski definition) is 0. The van der Waals surface area contributed by atoms with Gasteiger partial charge in [0.2, 0.25) is 0 Å². The molecule has 1 aliphatic rings. The number of benzene rings is 1. The number of hydrogen-bond acceptors (Lipinski definition) is 4. The van der Waals surface area contributed by atoms with Crippen LogP contribution in [0.1, 0.15) is 54.0 Å². The van der Waals surface area contributed by atoms with Crippen molar-refractivity contribution < 1.29 is 18.8 Å². The zero-order chi connectivity index (χ0) is 20.4. The lowest BCUT2D eigenvalue weighted by molar-refractivity contribution is 0.00578. The van der Waals surface area contributed by atoms with E-state index in [1.165, 1.54) is 0 Å². The van der Waals surface area contributed by atoms with Crippen LogP contribution in [0.15, 0.2) is 22.8 Å². The Balaban J connectivity index is 2.16. The molecule has 1 aromatic heterocycles. The van der Waals surface area contributed by atoms with Gasteiger partial charge in [0, 0.05) is 21.5 Å². The Morgan fingerprint density at radius 2 is 1.70 bits per heavy atom. The SMILES string of the molecule is Cc1cc(Br)cc2c(B3OC(C)(C)C(C)(C)O3)cn(C(=O)OC(C)(C)C)c12. The standard InChI is InChI=1S/C20H27BBrNO4/c1-12-9-13(22)10-14-15(21-26-19(5,6)20(7,8)27-21)11-23(16(12)14)17(24)25-18(2,3)4/h9-11H,1-8H3. The molecule has 2 aromatic rings. The van der Waals surface area contributed by atoms with E-state index in [1.54, 1.807) is 10.8 Å². The minimum absolute atomic E-state index is 0.416. The number of carbonyl (C=O) groups excluding carboxylic acids is 1. The first-order valence-electron chi connectivity index (χ1n) is 9.12. The van der Waals surface area contributed by atoms with Crippen LogP contribution in [0.4, 0.5) is 4.79 Å². The molecular weight excluding hydrogens is 409 g/mol. The fourth-order valence-electron chi connectivity index (χ4n) is 3.16. The lowest BCUT2D eigenvalue weighted by atomic mass is 9.79. The van der Waals surface area contributed by atoms with Gasteiger partial charge in [-0.05, 0) is 73.1 Å². The number of halogens is 1. The minimum atomic E-state index is -0.582. The van der Waals surface area contributed by atoms with Crippen molar-refractivity contribution in [1.29, 1.82) is 0 Å². The molecule has 146 valence electrons. The summed E-state index contributed by atoms with van der Waals surface area (Å²) >= 11 is 3.56. The molecular formula is C20H27BBrNO4. The zero-order valence-electron chi connectivity index (χ0n) is 17.3. The first-order chi connectivity index (χ1) is 12.2. The van der Waals surface area contributed by atoms with Crippen molar-refractivity contribution in [3.63, 3.8) is 0 Å². The number of rotatable bonds is 1. The van der Waals surface area contributed by atoms with Gasteiger partial charge in [-0.2, -0.15) is 0 Å². The molecule has 5 nitrogen and oxygen atoms in total. The number of fused-ring (bicyclic) bond motifs is 1. The molecule has 0 unspecified atom stereocenters. The maximum atomic E-state index is 12.8. The number of aryl methyl sites for hydroxylation is 1. The van der Waals surface area contributed by atoms with E-state index < -0.39 is 30.0 Å². The Labute approximate surface area is 169 Å². The zero-order valence-corrected chi connectivity index (χ0v) is 18.9. The Bertz CT molecular complexity index is 895. The first kappa shape index (κ1) is 20.4. The van der Waals surface area contributed by atoms with Gasteiger partial charge >= 0.3 is 13.2 Å². The summed E-state index contributed by atoms with van der Waals surface area (Å²) in [6, 6.07) is 3.97. The lowest BCUT2D eigenvalue weighted by Gasteiger charge is -2.32. The third kappa shape index (κ3) is 3.69. The van der Waals surface area contributed by atoms with Crippen LogP contribution in [-0.2, 0) is 14.0 Å². The van der Waals surface area contributed by atoms with E-state index in [9.17, 15) is 4.79 Å². The number of nitrogens with zero attached hydrogens (tertiary/aromatic N) is 1. The second-order valence-corrected chi connectivity index (χ2v) is 10.1. The van der Waals surface area contributed by atoms with Crippen LogP contribution >= 0.6 is 15.9 Å². The van der Waals surface area contributed by atoms with E-state index in [4.69, 9.17) is 14.0 Å². The number of carbonyl (C=O) groups is 1. The largest absolute Gasteiger partial charge is 0.497 e.